The smallest absolute Gasteiger partial charge is 0.319 e. The van der Waals surface area contributed by atoms with Crippen molar-refractivity contribution in [1.82, 2.24) is 14.8 Å². The van der Waals surface area contributed by atoms with E-state index < -0.39 is 0 Å². The molecule has 0 radical (unpaired) electrons. The predicted molar refractivity (Wildman–Crippen MR) is 93.9 cm³/mol. The summed E-state index contributed by atoms with van der Waals surface area (Å²) in [6.45, 7) is 2.20. The second-order valence-corrected chi connectivity index (χ2v) is 7.89. The summed E-state index contributed by atoms with van der Waals surface area (Å²) in [5.74, 6) is 1.21. The van der Waals surface area contributed by atoms with E-state index in [-0.39, 0.29) is 17.3 Å². The van der Waals surface area contributed by atoms with E-state index >= 15 is 0 Å². The minimum absolute atomic E-state index is 0.0367. The van der Waals surface area contributed by atoms with Gasteiger partial charge in [-0.1, -0.05) is 35.5 Å². The first kappa shape index (κ1) is 16.7. The van der Waals surface area contributed by atoms with Crippen LogP contribution < -0.4 is 4.74 Å². The Morgan fingerprint density at radius 3 is 2.84 bits per heavy atom. The molecule has 1 aliphatic carbocycles. The Morgan fingerprint density at radius 2 is 2.16 bits per heavy atom. The number of nitrogens with zero attached hydrogens (tertiary/aromatic N) is 3. The van der Waals surface area contributed by atoms with E-state index in [1.165, 1.54) is 11.8 Å². The molecule has 6 nitrogen and oxygen atoms in total. The molecule has 1 saturated carbocycles. The van der Waals surface area contributed by atoms with Crippen molar-refractivity contribution in [2.75, 3.05) is 0 Å². The Bertz CT molecular complexity index is 793. The van der Waals surface area contributed by atoms with E-state index in [9.17, 15) is 4.79 Å². The lowest BCUT2D eigenvalue weighted by atomic mass is 10.3. The van der Waals surface area contributed by atoms with Gasteiger partial charge in [-0.2, -0.15) is 0 Å². The molecule has 0 amide bonds. The molecular formula is C17H18ClN3O3S. The highest BCUT2D eigenvalue weighted by Crippen LogP contribution is 2.41. The molecule has 4 rings (SSSR count). The van der Waals surface area contributed by atoms with Crippen molar-refractivity contribution in [3.05, 3.63) is 35.1 Å². The van der Waals surface area contributed by atoms with Gasteiger partial charge in [0, 0.05) is 12.5 Å². The first-order chi connectivity index (χ1) is 12.1. The third-order valence-electron chi connectivity index (χ3n) is 4.21. The lowest BCUT2D eigenvalue weighted by Crippen LogP contribution is -2.12. The number of thioether (sulfide) groups is 1. The summed E-state index contributed by atoms with van der Waals surface area (Å²) < 4.78 is 13.1. The molecule has 0 spiro atoms. The fourth-order valence-corrected chi connectivity index (χ4v) is 4.25. The number of carbonyl (C=O) groups is 1. The van der Waals surface area contributed by atoms with E-state index in [0.29, 0.717) is 29.8 Å². The number of ether oxygens (including phenoxy) is 2. The minimum Gasteiger partial charge on any atom is -0.484 e. The van der Waals surface area contributed by atoms with Gasteiger partial charge in [0.1, 0.15) is 23.7 Å². The number of aromatic nitrogens is 3. The molecule has 0 bridgehead atoms. The molecule has 132 valence electrons. The molecule has 0 N–H and O–H groups in total. The number of hydrogen-bond acceptors (Lipinski definition) is 6. The van der Waals surface area contributed by atoms with Gasteiger partial charge in [0.05, 0.1) is 5.02 Å². The molecule has 1 aromatic carbocycles. The van der Waals surface area contributed by atoms with Crippen LogP contribution in [0, 0.1) is 0 Å². The molecule has 2 heterocycles. The molecule has 1 aromatic heterocycles. The van der Waals surface area contributed by atoms with Crippen LogP contribution in [0.25, 0.3) is 0 Å². The minimum atomic E-state index is -0.214. The van der Waals surface area contributed by atoms with Crippen molar-refractivity contribution >= 4 is 29.3 Å². The van der Waals surface area contributed by atoms with Crippen molar-refractivity contribution < 1.29 is 14.3 Å². The number of halogens is 1. The van der Waals surface area contributed by atoms with Crippen LogP contribution in [-0.4, -0.2) is 32.1 Å². The highest BCUT2D eigenvalue weighted by atomic mass is 35.5. The summed E-state index contributed by atoms with van der Waals surface area (Å²) in [5, 5.41) is 9.68. The second kappa shape index (κ2) is 6.88. The van der Waals surface area contributed by atoms with Crippen LogP contribution in [0.1, 0.15) is 38.1 Å². The molecule has 0 unspecified atom stereocenters. The van der Waals surface area contributed by atoms with Gasteiger partial charge < -0.3 is 9.47 Å². The van der Waals surface area contributed by atoms with E-state index in [1.807, 2.05) is 25.1 Å². The van der Waals surface area contributed by atoms with Crippen LogP contribution in [0.5, 0.6) is 5.75 Å². The molecule has 2 aliphatic rings. The zero-order valence-corrected chi connectivity index (χ0v) is 15.3. The van der Waals surface area contributed by atoms with Crippen LogP contribution >= 0.6 is 23.4 Å². The Morgan fingerprint density at radius 1 is 1.36 bits per heavy atom. The third-order valence-corrected chi connectivity index (χ3v) is 5.69. The second-order valence-electron chi connectivity index (χ2n) is 6.31. The maximum absolute atomic E-state index is 11.9. The summed E-state index contributed by atoms with van der Waals surface area (Å²) in [7, 11) is 0. The molecular weight excluding hydrogens is 362 g/mol. The Hall–Kier alpha value is -1.73. The number of rotatable bonds is 6. The van der Waals surface area contributed by atoms with Gasteiger partial charge in [0.2, 0.25) is 0 Å². The van der Waals surface area contributed by atoms with Crippen LogP contribution in [0.4, 0.5) is 0 Å². The molecule has 2 fully saturated rings. The largest absolute Gasteiger partial charge is 0.484 e. The van der Waals surface area contributed by atoms with Gasteiger partial charge >= 0.3 is 5.97 Å². The summed E-state index contributed by atoms with van der Waals surface area (Å²) in [5.41, 5.74) is 0. The lowest BCUT2D eigenvalue weighted by molar-refractivity contribution is -0.140. The average Bonchev–Trinajstić information content (AvgIpc) is 3.27. The van der Waals surface area contributed by atoms with Crippen molar-refractivity contribution in [2.45, 2.75) is 55.3 Å². The fourth-order valence-electron chi connectivity index (χ4n) is 2.83. The fraction of sp³-hybridized carbons (Fsp3) is 0.471. The molecule has 1 aliphatic heterocycles. The van der Waals surface area contributed by atoms with E-state index in [4.69, 9.17) is 21.1 Å². The first-order valence-corrected chi connectivity index (χ1v) is 9.56. The van der Waals surface area contributed by atoms with Gasteiger partial charge in [-0.3, -0.25) is 9.36 Å². The highest BCUT2D eigenvalue weighted by molar-refractivity contribution is 8.00. The number of esters is 1. The van der Waals surface area contributed by atoms with Gasteiger partial charge in [0.15, 0.2) is 11.0 Å². The normalized spacial score (nSPS) is 22.9. The summed E-state index contributed by atoms with van der Waals surface area (Å²) in [4.78, 5) is 11.9. The van der Waals surface area contributed by atoms with Gasteiger partial charge in [-0.15, -0.1) is 10.2 Å². The van der Waals surface area contributed by atoms with Gasteiger partial charge in [-0.25, -0.2) is 0 Å². The summed E-state index contributed by atoms with van der Waals surface area (Å²) >= 11 is 7.57. The highest BCUT2D eigenvalue weighted by Gasteiger charge is 2.36. The van der Waals surface area contributed by atoms with Crippen molar-refractivity contribution in [2.24, 2.45) is 0 Å². The van der Waals surface area contributed by atoms with Crippen LogP contribution in [-0.2, 0) is 16.1 Å². The molecule has 25 heavy (non-hydrogen) atoms. The standard InChI is InChI=1S/C17H18ClN3O3S/c1-10-8-14(16(22)24-10)25-17-20-19-15(21(17)11-6-7-11)9-23-13-5-3-2-4-12(13)18/h2-5,10-11,14H,6-9H2,1H3/t10-,14-/m1/s1. The lowest BCUT2D eigenvalue weighted by Gasteiger charge is -2.11. The number of para-hydroxylation sites is 1. The zero-order valence-electron chi connectivity index (χ0n) is 13.7. The van der Waals surface area contributed by atoms with Crippen LogP contribution in [0.15, 0.2) is 29.4 Å². The first-order valence-electron chi connectivity index (χ1n) is 8.30. The van der Waals surface area contributed by atoms with Gasteiger partial charge in [0.25, 0.3) is 0 Å². The van der Waals surface area contributed by atoms with Crippen molar-refractivity contribution in [3.8, 4) is 5.75 Å². The average molecular weight is 380 g/mol. The summed E-state index contributed by atoms with van der Waals surface area (Å²) in [6.07, 6.45) is 2.85. The number of hydrogen-bond donors (Lipinski definition) is 0. The predicted octanol–water partition coefficient (Wildman–Crippen LogP) is 3.64. The topological polar surface area (TPSA) is 66.2 Å². The molecule has 1 saturated heterocycles. The van der Waals surface area contributed by atoms with Crippen LogP contribution in [0.2, 0.25) is 5.02 Å². The molecule has 8 heteroatoms. The quantitative estimate of drug-likeness (QED) is 0.714. The monoisotopic (exact) mass is 379 g/mol. The SMILES string of the molecule is C[C@@H]1C[C@@H](Sc2nnc(COc3ccccc3Cl)n2C2CC2)C(=O)O1. The Kier molecular flexibility index (Phi) is 4.60. The van der Waals surface area contributed by atoms with E-state index in [0.717, 1.165) is 23.8 Å². The van der Waals surface area contributed by atoms with Crippen molar-refractivity contribution in [1.29, 1.82) is 0 Å². The Labute approximate surface area is 154 Å². The number of cyclic esters (lactones) is 1. The summed E-state index contributed by atoms with van der Waals surface area (Å²) in [6, 6.07) is 7.74. The van der Waals surface area contributed by atoms with E-state index in [2.05, 4.69) is 14.8 Å². The van der Waals surface area contributed by atoms with Crippen molar-refractivity contribution in [3.63, 3.8) is 0 Å². The van der Waals surface area contributed by atoms with Gasteiger partial charge in [-0.05, 0) is 31.9 Å². The number of benzene rings is 1. The Balaban J connectivity index is 1.50. The molecule has 2 atom stereocenters. The third kappa shape index (κ3) is 3.62. The maximum Gasteiger partial charge on any atom is 0.319 e. The van der Waals surface area contributed by atoms with Crippen LogP contribution in [0.3, 0.4) is 0 Å². The maximum atomic E-state index is 11.9. The number of carbonyl (C=O) groups excluding carboxylic acids is 1. The zero-order chi connectivity index (χ0) is 17.4. The van der Waals surface area contributed by atoms with E-state index in [1.54, 1.807) is 6.07 Å². The molecule has 2 aromatic rings.